The average Bonchev–Trinajstić information content (AvgIpc) is 2.30. The first-order valence-electron chi connectivity index (χ1n) is 6.50. The molecule has 0 aromatic carbocycles. The molecule has 16 heavy (non-hydrogen) atoms. The summed E-state index contributed by atoms with van der Waals surface area (Å²) in [6.07, 6.45) is 8.66. The van der Waals surface area contributed by atoms with Gasteiger partial charge in [0, 0.05) is 37.1 Å². The summed E-state index contributed by atoms with van der Waals surface area (Å²) in [7, 11) is 0. The van der Waals surface area contributed by atoms with Gasteiger partial charge < -0.3 is 5.32 Å². The zero-order valence-corrected chi connectivity index (χ0v) is 11.2. The number of nitrogens with zero attached hydrogens (tertiary/aromatic N) is 1. The third-order valence-electron chi connectivity index (χ3n) is 4.00. The first-order chi connectivity index (χ1) is 7.56. The van der Waals surface area contributed by atoms with Crippen molar-refractivity contribution < 1.29 is 0 Å². The van der Waals surface area contributed by atoms with Crippen molar-refractivity contribution in [2.75, 3.05) is 13.1 Å². The van der Waals surface area contributed by atoms with Gasteiger partial charge in [-0.15, -0.1) is 12.3 Å². The summed E-state index contributed by atoms with van der Waals surface area (Å²) in [5, 5.41) is 3.65. The lowest BCUT2D eigenvalue weighted by molar-refractivity contribution is 0.0536. The van der Waals surface area contributed by atoms with E-state index in [0.717, 1.165) is 25.9 Å². The van der Waals surface area contributed by atoms with E-state index in [1.807, 2.05) is 0 Å². The molecule has 0 aromatic rings. The van der Waals surface area contributed by atoms with Crippen molar-refractivity contribution in [3.05, 3.63) is 0 Å². The van der Waals surface area contributed by atoms with Crippen molar-refractivity contribution in [1.29, 1.82) is 0 Å². The van der Waals surface area contributed by atoms with Gasteiger partial charge in [-0.25, -0.2) is 0 Å². The molecule has 0 spiro atoms. The van der Waals surface area contributed by atoms with E-state index in [4.69, 9.17) is 6.42 Å². The zero-order chi connectivity index (χ0) is 12.2. The Labute approximate surface area is 101 Å². The van der Waals surface area contributed by atoms with Crippen molar-refractivity contribution in [1.82, 2.24) is 10.2 Å². The molecule has 0 bridgehead atoms. The van der Waals surface area contributed by atoms with E-state index in [1.54, 1.807) is 0 Å². The number of rotatable bonds is 4. The minimum absolute atomic E-state index is 0.258. The summed E-state index contributed by atoms with van der Waals surface area (Å²) in [6.45, 7) is 11.3. The molecule has 0 aliphatic carbocycles. The predicted octanol–water partition coefficient (Wildman–Crippen LogP) is 2.25. The number of nitrogens with one attached hydrogen (secondary N) is 1. The highest BCUT2D eigenvalue weighted by Gasteiger charge is 2.35. The fraction of sp³-hybridized carbons (Fsp3) is 0.857. The molecule has 1 saturated heterocycles. The Hall–Kier alpha value is -0.520. The van der Waals surface area contributed by atoms with Crippen LogP contribution >= 0.6 is 0 Å². The lowest BCUT2D eigenvalue weighted by atomic mass is 9.91. The van der Waals surface area contributed by atoms with E-state index >= 15 is 0 Å². The maximum atomic E-state index is 5.46. The van der Waals surface area contributed by atoms with Crippen LogP contribution in [0.25, 0.3) is 0 Å². The van der Waals surface area contributed by atoms with Gasteiger partial charge in [-0.2, -0.15) is 0 Å². The van der Waals surface area contributed by atoms with E-state index < -0.39 is 0 Å². The molecule has 0 saturated carbocycles. The van der Waals surface area contributed by atoms with Gasteiger partial charge in [-0.1, -0.05) is 13.8 Å². The molecule has 1 aliphatic rings. The van der Waals surface area contributed by atoms with Gasteiger partial charge in [0.25, 0.3) is 0 Å². The molecule has 3 atom stereocenters. The normalized spacial score (nSPS) is 33.3. The highest BCUT2D eigenvalue weighted by molar-refractivity contribution is 4.98. The molecule has 1 N–H and O–H groups in total. The summed E-state index contributed by atoms with van der Waals surface area (Å²) in [5.74, 6) is 2.82. The average molecular weight is 222 g/mol. The molecule has 3 unspecified atom stereocenters. The first kappa shape index (κ1) is 13.5. The molecule has 92 valence electrons. The topological polar surface area (TPSA) is 15.3 Å². The van der Waals surface area contributed by atoms with E-state index in [-0.39, 0.29) is 5.54 Å². The van der Waals surface area contributed by atoms with Crippen LogP contribution in [0.2, 0.25) is 0 Å². The molecular formula is C14H26N2. The Balaban J connectivity index is 2.72. The van der Waals surface area contributed by atoms with Gasteiger partial charge in [0.2, 0.25) is 0 Å². The van der Waals surface area contributed by atoms with Crippen LogP contribution in [0, 0.1) is 12.3 Å². The van der Waals surface area contributed by atoms with Crippen LogP contribution in [0.1, 0.15) is 47.0 Å². The summed E-state index contributed by atoms with van der Waals surface area (Å²) < 4.78 is 0. The van der Waals surface area contributed by atoms with Crippen molar-refractivity contribution >= 4 is 0 Å². The molecule has 0 amide bonds. The monoisotopic (exact) mass is 222 g/mol. The standard InChI is InChI=1S/C14H26N2/c1-6-9-13(7-2)16-11-14(5,8-3)15-10-12(16)4/h1,12-13,15H,7-11H2,2-5H3. The maximum Gasteiger partial charge on any atom is 0.0278 e. The second-order valence-corrected chi connectivity index (χ2v) is 5.29. The molecule has 1 aliphatic heterocycles. The van der Waals surface area contributed by atoms with E-state index in [2.05, 4.69) is 43.8 Å². The van der Waals surface area contributed by atoms with Crippen LogP contribution in [-0.4, -0.2) is 35.6 Å². The van der Waals surface area contributed by atoms with Crippen LogP contribution in [-0.2, 0) is 0 Å². The summed E-state index contributed by atoms with van der Waals surface area (Å²) in [6, 6.07) is 1.14. The van der Waals surface area contributed by atoms with Crippen molar-refractivity contribution in [2.24, 2.45) is 0 Å². The molecular weight excluding hydrogens is 196 g/mol. The van der Waals surface area contributed by atoms with Gasteiger partial charge in [0.15, 0.2) is 0 Å². The Morgan fingerprint density at radius 2 is 2.25 bits per heavy atom. The lowest BCUT2D eigenvalue weighted by Crippen LogP contribution is -2.64. The quantitative estimate of drug-likeness (QED) is 0.734. The fourth-order valence-corrected chi connectivity index (χ4v) is 2.48. The largest absolute Gasteiger partial charge is 0.309 e. The van der Waals surface area contributed by atoms with Crippen molar-refractivity contribution in [3.8, 4) is 12.3 Å². The zero-order valence-electron chi connectivity index (χ0n) is 11.2. The van der Waals surface area contributed by atoms with Crippen LogP contribution in [0.15, 0.2) is 0 Å². The maximum absolute atomic E-state index is 5.46. The fourth-order valence-electron chi connectivity index (χ4n) is 2.48. The Morgan fingerprint density at radius 1 is 1.56 bits per heavy atom. The van der Waals surface area contributed by atoms with E-state index in [0.29, 0.717) is 12.1 Å². The second-order valence-electron chi connectivity index (χ2n) is 5.29. The smallest absolute Gasteiger partial charge is 0.0278 e. The van der Waals surface area contributed by atoms with Gasteiger partial charge in [0.05, 0.1) is 0 Å². The SMILES string of the molecule is C#CCC(CC)N1CC(C)(CC)NCC1C. The van der Waals surface area contributed by atoms with E-state index in [9.17, 15) is 0 Å². The van der Waals surface area contributed by atoms with Gasteiger partial charge in [-0.05, 0) is 26.7 Å². The predicted molar refractivity (Wildman–Crippen MR) is 70.4 cm³/mol. The van der Waals surface area contributed by atoms with Gasteiger partial charge >= 0.3 is 0 Å². The van der Waals surface area contributed by atoms with Gasteiger partial charge in [0.1, 0.15) is 0 Å². The highest BCUT2D eigenvalue weighted by atomic mass is 15.3. The number of piperazine rings is 1. The highest BCUT2D eigenvalue weighted by Crippen LogP contribution is 2.23. The van der Waals surface area contributed by atoms with Crippen molar-refractivity contribution in [3.63, 3.8) is 0 Å². The first-order valence-corrected chi connectivity index (χ1v) is 6.50. The molecule has 0 radical (unpaired) electrons. The molecule has 2 heteroatoms. The van der Waals surface area contributed by atoms with E-state index in [1.165, 1.54) is 6.42 Å². The number of terminal acetylenes is 1. The summed E-state index contributed by atoms with van der Waals surface area (Å²) in [4.78, 5) is 2.60. The Bertz CT molecular complexity index is 256. The number of hydrogen-bond donors (Lipinski definition) is 1. The molecule has 1 fully saturated rings. The van der Waals surface area contributed by atoms with Crippen LogP contribution in [0.5, 0.6) is 0 Å². The van der Waals surface area contributed by atoms with Gasteiger partial charge in [-0.3, -0.25) is 4.90 Å². The van der Waals surface area contributed by atoms with Crippen LogP contribution < -0.4 is 5.32 Å². The molecule has 1 rings (SSSR count). The molecule has 1 heterocycles. The van der Waals surface area contributed by atoms with Crippen LogP contribution in [0.3, 0.4) is 0 Å². The Kier molecular flexibility index (Phi) is 4.83. The van der Waals surface area contributed by atoms with Crippen molar-refractivity contribution in [2.45, 2.75) is 64.6 Å². The molecule has 0 aromatic heterocycles. The third-order valence-corrected chi connectivity index (χ3v) is 4.00. The second kappa shape index (κ2) is 5.70. The molecule has 2 nitrogen and oxygen atoms in total. The summed E-state index contributed by atoms with van der Waals surface area (Å²) >= 11 is 0. The number of hydrogen-bond acceptors (Lipinski definition) is 2. The Morgan fingerprint density at radius 3 is 2.75 bits per heavy atom. The van der Waals surface area contributed by atoms with Crippen LogP contribution in [0.4, 0.5) is 0 Å². The third kappa shape index (κ3) is 2.99. The lowest BCUT2D eigenvalue weighted by Gasteiger charge is -2.48. The minimum Gasteiger partial charge on any atom is -0.309 e. The minimum atomic E-state index is 0.258. The summed E-state index contributed by atoms with van der Waals surface area (Å²) in [5.41, 5.74) is 0.258.